The maximum atomic E-state index is 5.44. The molecule has 0 aliphatic carbocycles. The topological polar surface area (TPSA) is 30.3 Å². The lowest BCUT2D eigenvalue weighted by Gasteiger charge is -2.34. The van der Waals surface area contributed by atoms with Crippen LogP contribution in [0.4, 0.5) is 5.69 Å². The lowest BCUT2D eigenvalue weighted by molar-refractivity contribution is 0.362. The van der Waals surface area contributed by atoms with Crippen LogP contribution in [0, 0.1) is 0 Å². The molecule has 2 heterocycles. The van der Waals surface area contributed by atoms with Crippen LogP contribution in [0.25, 0.3) is 0 Å². The van der Waals surface area contributed by atoms with Crippen LogP contribution < -0.4 is 9.64 Å². The number of ether oxygens (including phenoxy) is 1. The lowest BCUT2D eigenvalue weighted by atomic mass is 10.0. The summed E-state index contributed by atoms with van der Waals surface area (Å²) in [7, 11) is 1.73. The Morgan fingerprint density at radius 1 is 1.16 bits per heavy atom. The molecule has 1 aromatic carbocycles. The summed E-state index contributed by atoms with van der Waals surface area (Å²) in [6, 6.07) is 10.8. The molecule has 0 unspecified atom stereocenters. The highest BCUT2D eigenvalue weighted by molar-refractivity contribution is 5.58. The molecular weight excluding hydrogens is 238 g/mol. The van der Waals surface area contributed by atoms with E-state index in [-0.39, 0.29) is 0 Å². The number of benzene rings is 1. The molecule has 4 nitrogen and oxygen atoms in total. The molecule has 3 rings (SSSR count). The SMILES string of the molecule is COc1ccccc1N1CCC(n2cccn2)CC1. The van der Waals surface area contributed by atoms with Crippen molar-refractivity contribution in [3.63, 3.8) is 0 Å². The number of hydrogen-bond acceptors (Lipinski definition) is 3. The standard InChI is InChI=1S/C15H19N3O/c1-19-15-6-3-2-5-14(15)17-11-7-13(8-12-17)18-10-4-9-16-18/h2-6,9-10,13H,7-8,11-12H2,1H3. The van der Waals surface area contributed by atoms with Crippen LogP contribution in [0.3, 0.4) is 0 Å². The molecule has 1 aliphatic heterocycles. The first-order chi connectivity index (χ1) is 9.38. The van der Waals surface area contributed by atoms with Crippen molar-refractivity contribution >= 4 is 5.69 Å². The van der Waals surface area contributed by atoms with Gasteiger partial charge in [-0.15, -0.1) is 0 Å². The van der Waals surface area contributed by atoms with Gasteiger partial charge in [0.15, 0.2) is 0 Å². The molecule has 1 aromatic heterocycles. The molecule has 0 radical (unpaired) electrons. The van der Waals surface area contributed by atoms with E-state index in [1.807, 2.05) is 24.4 Å². The van der Waals surface area contributed by atoms with Crippen LogP contribution in [-0.2, 0) is 0 Å². The molecule has 4 heteroatoms. The Bertz CT molecular complexity index is 516. The molecule has 1 aliphatic rings. The third-order valence-corrected chi connectivity index (χ3v) is 3.79. The van der Waals surface area contributed by atoms with Gasteiger partial charge < -0.3 is 9.64 Å². The van der Waals surface area contributed by atoms with Crippen molar-refractivity contribution in [2.24, 2.45) is 0 Å². The fourth-order valence-electron chi connectivity index (χ4n) is 2.76. The van der Waals surface area contributed by atoms with Gasteiger partial charge in [-0.05, 0) is 31.0 Å². The van der Waals surface area contributed by atoms with Gasteiger partial charge in [0.05, 0.1) is 18.8 Å². The van der Waals surface area contributed by atoms with Crippen LogP contribution in [0.1, 0.15) is 18.9 Å². The predicted molar refractivity (Wildman–Crippen MR) is 75.7 cm³/mol. The molecule has 0 N–H and O–H groups in total. The van der Waals surface area contributed by atoms with Crippen LogP contribution in [0.15, 0.2) is 42.7 Å². The number of nitrogens with zero attached hydrogens (tertiary/aromatic N) is 3. The minimum Gasteiger partial charge on any atom is -0.495 e. The van der Waals surface area contributed by atoms with Crippen molar-refractivity contribution < 1.29 is 4.74 Å². The Kier molecular flexibility index (Phi) is 3.40. The van der Waals surface area contributed by atoms with Gasteiger partial charge in [-0.1, -0.05) is 12.1 Å². The second-order valence-corrected chi connectivity index (χ2v) is 4.88. The van der Waals surface area contributed by atoms with Crippen LogP contribution in [-0.4, -0.2) is 30.0 Å². The molecule has 2 aromatic rings. The summed E-state index contributed by atoms with van der Waals surface area (Å²) >= 11 is 0. The highest BCUT2D eigenvalue weighted by Gasteiger charge is 2.22. The predicted octanol–water partition coefficient (Wildman–Crippen LogP) is 2.73. The third kappa shape index (κ3) is 2.43. The molecule has 1 saturated heterocycles. The fraction of sp³-hybridized carbons (Fsp3) is 0.400. The first-order valence-corrected chi connectivity index (χ1v) is 6.75. The summed E-state index contributed by atoms with van der Waals surface area (Å²) < 4.78 is 7.52. The summed E-state index contributed by atoms with van der Waals surface area (Å²) in [5, 5.41) is 4.34. The van der Waals surface area contributed by atoms with Crippen molar-refractivity contribution in [2.75, 3.05) is 25.1 Å². The second kappa shape index (κ2) is 5.34. The van der Waals surface area contributed by atoms with Gasteiger partial charge in [-0.3, -0.25) is 4.68 Å². The van der Waals surface area contributed by atoms with E-state index in [9.17, 15) is 0 Å². The summed E-state index contributed by atoms with van der Waals surface area (Å²) in [5.74, 6) is 0.958. The Labute approximate surface area is 113 Å². The Morgan fingerprint density at radius 2 is 1.95 bits per heavy atom. The summed E-state index contributed by atoms with van der Waals surface area (Å²) in [6.45, 7) is 2.09. The fourth-order valence-corrected chi connectivity index (χ4v) is 2.76. The highest BCUT2D eigenvalue weighted by Crippen LogP contribution is 2.32. The molecule has 0 atom stereocenters. The van der Waals surface area contributed by atoms with E-state index in [0.29, 0.717) is 6.04 Å². The zero-order chi connectivity index (χ0) is 13.1. The average molecular weight is 257 g/mol. The van der Waals surface area contributed by atoms with Crippen molar-refractivity contribution in [2.45, 2.75) is 18.9 Å². The van der Waals surface area contributed by atoms with E-state index < -0.39 is 0 Å². The number of methoxy groups -OCH3 is 1. The number of piperidine rings is 1. The van der Waals surface area contributed by atoms with Crippen LogP contribution >= 0.6 is 0 Å². The largest absolute Gasteiger partial charge is 0.495 e. The Morgan fingerprint density at radius 3 is 2.63 bits per heavy atom. The molecule has 19 heavy (non-hydrogen) atoms. The number of anilines is 1. The van der Waals surface area contributed by atoms with E-state index in [0.717, 1.165) is 31.7 Å². The number of hydrogen-bond donors (Lipinski definition) is 0. The van der Waals surface area contributed by atoms with Crippen LogP contribution in [0.5, 0.6) is 5.75 Å². The summed E-state index contributed by atoms with van der Waals surface area (Å²) in [4.78, 5) is 2.40. The van der Waals surface area contributed by atoms with Gasteiger partial charge in [0, 0.05) is 25.5 Å². The van der Waals surface area contributed by atoms with Crippen molar-refractivity contribution in [1.82, 2.24) is 9.78 Å². The molecule has 0 spiro atoms. The molecule has 0 amide bonds. The first-order valence-electron chi connectivity index (χ1n) is 6.75. The van der Waals surface area contributed by atoms with Crippen molar-refractivity contribution in [1.29, 1.82) is 0 Å². The summed E-state index contributed by atoms with van der Waals surface area (Å²) in [5.41, 5.74) is 1.20. The minimum absolute atomic E-state index is 0.529. The average Bonchev–Trinajstić information content (AvgIpc) is 3.02. The number of rotatable bonds is 3. The van der Waals surface area contributed by atoms with Crippen LogP contribution in [0.2, 0.25) is 0 Å². The zero-order valence-corrected chi connectivity index (χ0v) is 11.2. The number of para-hydroxylation sites is 2. The van der Waals surface area contributed by atoms with Crippen molar-refractivity contribution in [3.05, 3.63) is 42.7 Å². The quantitative estimate of drug-likeness (QED) is 0.847. The second-order valence-electron chi connectivity index (χ2n) is 4.88. The van der Waals surface area contributed by atoms with E-state index in [4.69, 9.17) is 4.74 Å². The van der Waals surface area contributed by atoms with Gasteiger partial charge in [0.25, 0.3) is 0 Å². The lowest BCUT2D eigenvalue weighted by Crippen LogP contribution is -2.35. The minimum atomic E-state index is 0.529. The van der Waals surface area contributed by atoms with Gasteiger partial charge in [-0.2, -0.15) is 5.10 Å². The molecule has 100 valence electrons. The molecule has 1 fully saturated rings. The monoisotopic (exact) mass is 257 g/mol. The van der Waals surface area contributed by atoms with E-state index in [2.05, 4.69) is 33.0 Å². The Balaban J connectivity index is 1.70. The zero-order valence-electron chi connectivity index (χ0n) is 11.2. The maximum Gasteiger partial charge on any atom is 0.142 e. The third-order valence-electron chi connectivity index (χ3n) is 3.79. The highest BCUT2D eigenvalue weighted by atomic mass is 16.5. The normalized spacial score (nSPS) is 16.6. The number of aromatic nitrogens is 2. The molecule has 0 saturated carbocycles. The van der Waals surface area contributed by atoms with Gasteiger partial charge >= 0.3 is 0 Å². The Hall–Kier alpha value is -1.97. The van der Waals surface area contributed by atoms with E-state index in [1.54, 1.807) is 7.11 Å². The van der Waals surface area contributed by atoms with Gasteiger partial charge in [0.1, 0.15) is 5.75 Å². The summed E-state index contributed by atoms with van der Waals surface area (Å²) in [6.07, 6.45) is 6.16. The maximum absolute atomic E-state index is 5.44. The van der Waals surface area contributed by atoms with Gasteiger partial charge in [-0.25, -0.2) is 0 Å². The van der Waals surface area contributed by atoms with Crippen molar-refractivity contribution in [3.8, 4) is 5.75 Å². The smallest absolute Gasteiger partial charge is 0.142 e. The van der Waals surface area contributed by atoms with E-state index >= 15 is 0 Å². The van der Waals surface area contributed by atoms with E-state index in [1.165, 1.54) is 5.69 Å². The molecule has 0 bridgehead atoms. The first kappa shape index (κ1) is 12.1. The van der Waals surface area contributed by atoms with Gasteiger partial charge in [0.2, 0.25) is 0 Å². The molecular formula is C15H19N3O.